The molecule has 0 amide bonds. The first kappa shape index (κ1) is 17.0. The van der Waals surface area contributed by atoms with Gasteiger partial charge >= 0.3 is 0 Å². The molecule has 2 N–H and O–H groups in total. The summed E-state index contributed by atoms with van der Waals surface area (Å²) in [6.07, 6.45) is 4.24. The van der Waals surface area contributed by atoms with Crippen molar-refractivity contribution < 1.29 is 8.78 Å². The van der Waals surface area contributed by atoms with E-state index >= 15 is 0 Å². The standard InChI is InChI=1S/C21H23F2N3/c1-14-6-8-21(9-7-14)20(25-18-4-2-3-5-19(18)26-21)24-13-15-10-16(22)12-17(23)11-15/h2-5,10-12,14,26H,6-9,13H2,1H3,(H,24,25). The largest absolute Gasteiger partial charge is 0.371 e. The van der Waals surface area contributed by atoms with Crippen molar-refractivity contribution in [1.82, 2.24) is 0 Å². The smallest absolute Gasteiger partial charge is 0.127 e. The Balaban J connectivity index is 1.66. The Morgan fingerprint density at radius 1 is 1.04 bits per heavy atom. The number of nitrogens with one attached hydrogen (secondary N) is 2. The predicted molar refractivity (Wildman–Crippen MR) is 102 cm³/mol. The summed E-state index contributed by atoms with van der Waals surface area (Å²) in [5.74, 6) is 0.439. The van der Waals surface area contributed by atoms with E-state index in [0.29, 0.717) is 11.5 Å². The highest BCUT2D eigenvalue weighted by molar-refractivity contribution is 6.09. The topological polar surface area (TPSA) is 36.4 Å². The number of nitrogens with zero attached hydrogens (tertiary/aromatic N) is 1. The molecule has 26 heavy (non-hydrogen) atoms. The number of hydrogen-bond donors (Lipinski definition) is 2. The summed E-state index contributed by atoms with van der Waals surface area (Å²) in [6, 6.07) is 11.6. The fourth-order valence-corrected chi connectivity index (χ4v) is 3.95. The Kier molecular flexibility index (Phi) is 4.39. The van der Waals surface area contributed by atoms with E-state index in [1.54, 1.807) is 0 Å². The van der Waals surface area contributed by atoms with Crippen LogP contribution in [-0.2, 0) is 6.54 Å². The van der Waals surface area contributed by atoms with Gasteiger partial charge in [-0.2, -0.15) is 0 Å². The molecule has 1 heterocycles. The van der Waals surface area contributed by atoms with Crippen LogP contribution in [0.15, 0.2) is 47.5 Å². The Morgan fingerprint density at radius 3 is 2.38 bits per heavy atom. The van der Waals surface area contributed by atoms with Crippen LogP contribution >= 0.6 is 0 Å². The molecule has 0 bridgehead atoms. The van der Waals surface area contributed by atoms with E-state index in [2.05, 4.69) is 23.6 Å². The van der Waals surface area contributed by atoms with E-state index in [-0.39, 0.29) is 12.1 Å². The van der Waals surface area contributed by atoms with Gasteiger partial charge in [-0.3, -0.25) is 4.99 Å². The second kappa shape index (κ2) is 6.71. The molecule has 136 valence electrons. The van der Waals surface area contributed by atoms with E-state index in [0.717, 1.165) is 49.0 Å². The minimum atomic E-state index is -0.568. The van der Waals surface area contributed by atoms with Crippen molar-refractivity contribution in [2.24, 2.45) is 10.9 Å². The number of halogens is 2. The van der Waals surface area contributed by atoms with E-state index in [4.69, 9.17) is 4.99 Å². The number of para-hydroxylation sites is 2. The minimum absolute atomic E-state index is 0.229. The van der Waals surface area contributed by atoms with Crippen LogP contribution in [0.25, 0.3) is 0 Å². The molecule has 3 nitrogen and oxygen atoms in total. The highest BCUT2D eigenvalue weighted by Crippen LogP contribution is 2.41. The lowest BCUT2D eigenvalue weighted by molar-refractivity contribution is 0.321. The Hall–Kier alpha value is -2.43. The lowest BCUT2D eigenvalue weighted by atomic mass is 9.75. The second-order valence-corrected chi connectivity index (χ2v) is 7.50. The van der Waals surface area contributed by atoms with Crippen LogP contribution in [0.1, 0.15) is 38.2 Å². The molecule has 0 atom stereocenters. The number of anilines is 2. The van der Waals surface area contributed by atoms with E-state index < -0.39 is 11.6 Å². The number of rotatable bonds is 2. The molecule has 0 aromatic heterocycles. The molecule has 0 radical (unpaired) electrons. The second-order valence-electron chi connectivity index (χ2n) is 7.50. The van der Waals surface area contributed by atoms with Gasteiger partial charge in [0, 0.05) is 6.07 Å². The molecule has 1 fully saturated rings. The first-order valence-corrected chi connectivity index (χ1v) is 9.18. The van der Waals surface area contributed by atoms with Crippen LogP contribution in [0.2, 0.25) is 0 Å². The zero-order chi connectivity index (χ0) is 18.1. The Morgan fingerprint density at radius 2 is 1.69 bits per heavy atom. The Labute approximate surface area is 152 Å². The predicted octanol–water partition coefficient (Wildman–Crippen LogP) is 5.35. The summed E-state index contributed by atoms with van der Waals surface area (Å²) in [4.78, 5) is 4.75. The number of aliphatic imine (C=N–C) groups is 1. The van der Waals surface area contributed by atoms with Gasteiger partial charge in [0.05, 0.1) is 23.5 Å². The third-order valence-electron chi connectivity index (χ3n) is 5.48. The zero-order valence-electron chi connectivity index (χ0n) is 14.9. The maximum atomic E-state index is 13.5. The third kappa shape index (κ3) is 3.30. The maximum Gasteiger partial charge on any atom is 0.127 e. The lowest BCUT2D eigenvalue weighted by Gasteiger charge is -2.45. The maximum absolute atomic E-state index is 13.5. The molecule has 0 saturated heterocycles. The van der Waals surface area contributed by atoms with Gasteiger partial charge in [0.25, 0.3) is 0 Å². The molecule has 4 rings (SSSR count). The van der Waals surface area contributed by atoms with Gasteiger partial charge in [-0.1, -0.05) is 19.1 Å². The summed E-state index contributed by atoms with van der Waals surface area (Å²) in [5, 5.41) is 7.17. The monoisotopic (exact) mass is 355 g/mol. The van der Waals surface area contributed by atoms with Gasteiger partial charge in [-0.15, -0.1) is 0 Å². The normalized spacial score (nSPS) is 26.3. The lowest BCUT2D eigenvalue weighted by Crippen LogP contribution is -2.54. The molecule has 1 saturated carbocycles. The molecule has 2 aromatic carbocycles. The molecular formula is C21H23F2N3. The van der Waals surface area contributed by atoms with Crippen molar-refractivity contribution in [3.8, 4) is 0 Å². The van der Waals surface area contributed by atoms with Crippen molar-refractivity contribution in [3.05, 3.63) is 59.7 Å². The molecule has 5 heteroatoms. The zero-order valence-corrected chi connectivity index (χ0v) is 14.9. The summed E-state index contributed by atoms with van der Waals surface area (Å²) < 4.78 is 26.9. The Bertz CT molecular complexity index is 819. The number of fused-ring (bicyclic) bond motifs is 1. The number of benzene rings is 2. The SMILES string of the molecule is CC1CCC2(CC1)Nc1ccccc1NC2=NCc1cc(F)cc(F)c1. The fourth-order valence-electron chi connectivity index (χ4n) is 3.95. The highest BCUT2D eigenvalue weighted by Gasteiger charge is 2.42. The quantitative estimate of drug-likeness (QED) is 0.762. The van der Waals surface area contributed by atoms with Crippen molar-refractivity contribution >= 4 is 17.2 Å². The average molecular weight is 355 g/mol. The molecule has 2 aliphatic rings. The van der Waals surface area contributed by atoms with Crippen molar-refractivity contribution in [1.29, 1.82) is 0 Å². The van der Waals surface area contributed by atoms with Crippen molar-refractivity contribution in [2.45, 2.75) is 44.7 Å². The van der Waals surface area contributed by atoms with Crippen LogP contribution in [0.3, 0.4) is 0 Å². The van der Waals surface area contributed by atoms with Crippen molar-refractivity contribution in [2.75, 3.05) is 10.6 Å². The van der Waals surface area contributed by atoms with Crippen LogP contribution in [-0.4, -0.2) is 11.4 Å². The van der Waals surface area contributed by atoms with Gasteiger partial charge < -0.3 is 10.6 Å². The van der Waals surface area contributed by atoms with Gasteiger partial charge in [-0.05, 0) is 61.4 Å². The van der Waals surface area contributed by atoms with Gasteiger partial charge in [0.15, 0.2) is 0 Å². The summed E-state index contributed by atoms with van der Waals surface area (Å²) in [5.41, 5.74) is 2.38. The van der Waals surface area contributed by atoms with E-state index in [1.807, 2.05) is 18.2 Å². The molecule has 2 aromatic rings. The minimum Gasteiger partial charge on any atom is -0.371 e. The molecule has 1 aliphatic carbocycles. The summed E-state index contributed by atoms with van der Waals surface area (Å²) >= 11 is 0. The van der Waals surface area contributed by atoms with Crippen molar-refractivity contribution in [3.63, 3.8) is 0 Å². The van der Waals surface area contributed by atoms with Crippen LogP contribution < -0.4 is 10.6 Å². The summed E-state index contributed by atoms with van der Waals surface area (Å²) in [7, 11) is 0. The van der Waals surface area contributed by atoms with Crippen LogP contribution in [0.5, 0.6) is 0 Å². The first-order valence-electron chi connectivity index (χ1n) is 9.18. The number of amidine groups is 1. The number of hydrogen-bond acceptors (Lipinski definition) is 2. The van der Waals surface area contributed by atoms with E-state index in [9.17, 15) is 8.78 Å². The van der Waals surface area contributed by atoms with E-state index in [1.165, 1.54) is 12.1 Å². The summed E-state index contributed by atoms with van der Waals surface area (Å²) in [6.45, 7) is 2.53. The molecule has 0 unspecified atom stereocenters. The first-order chi connectivity index (χ1) is 12.5. The molecule has 1 aliphatic heterocycles. The molecule has 1 spiro atoms. The average Bonchev–Trinajstić information content (AvgIpc) is 2.62. The fraction of sp³-hybridized carbons (Fsp3) is 0.381. The van der Waals surface area contributed by atoms with Crippen LogP contribution in [0, 0.1) is 17.6 Å². The molecular weight excluding hydrogens is 332 g/mol. The van der Waals surface area contributed by atoms with Gasteiger partial charge in [0.1, 0.15) is 17.5 Å². The van der Waals surface area contributed by atoms with Gasteiger partial charge in [0.2, 0.25) is 0 Å². The van der Waals surface area contributed by atoms with Crippen LogP contribution in [0.4, 0.5) is 20.2 Å². The highest BCUT2D eigenvalue weighted by atomic mass is 19.1. The van der Waals surface area contributed by atoms with Gasteiger partial charge in [-0.25, -0.2) is 8.78 Å². The third-order valence-corrected chi connectivity index (χ3v) is 5.48.